The zero-order valence-corrected chi connectivity index (χ0v) is 14.7. The fraction of sp³-hybridized carbons (Fsp3) is 0.0952. The number of rotatable bonds is 5. The number of amides is 1. The van der Waals surface area contributed by atoms with Gasteiger partial charge in [-0.25, -0.2) is 9.37 Å². The van der Waals surface area contributed by atoms with E-state index in [9.17, 15) is 9.18 Å². The molecule has 0 unspecified atom stereocenters. The minimum atomic E-state index is -0.424. The van der Waals surface area contributed by atoms with E-state index < -0.39 is 5.82 Å². The van der Waals surface area contributed by atoms with Crippen LogP contribution in [0.5, 0.6) is 0 Å². The van der Waals surface area contributed by atoms with Gasteiger partial charge in [0.15, 0.2) is 0 Å². The summed E-state index contributed by atoms with van der Waals surface area (Å²) in [6.45, 7) is 0.374. The number of para-hydroxylation sites is 1. The highest BCUT2D eigenvalue weighted by Crippen LogP contribution is 2.22. The van der Waals surface area contributed by atoms with Crippen LogP contribution in [0.1, 0.15) is 21.5 Å². The van der Waals surface area contributed by atoms with Crippen LogP contribution in [0.25, 0.3) is 0 Å². The first-order valence-electron chi connectivity index (χ1n) is 8.29. The van der Waals surface area contributed by atoms with Crippen molar-refractivity contribution >= 4 is 17.4 Å². The summed E-state index contributed by atoms with van der Waals surface area (Å²) in [7, 11) is 1.68. The Labute approximate surface area is 156 Å². The van der Waals surface area contributed by atoms with Crippen molar-refractivity contribution in [1.82, 2.24) is 9.88 Å². The highest BCUT2D eigenvalue weighted by Gasteiger charge is 2.17. The Morgan fingerprint density at radius 3 is 2.59 bits per heavy atom. The number of aromatic nitrogens is 1. The number of anilines is 2. The van der Waals surface area contributed by atoms with E-state index in [4.69, 9.17) is 5.26 Å². The van der Waals surface area contributed by atoms with Crippen molar-refractivity contribution in [3.63, 3.8) is 0 Å². The summed E-state index contributed by atoms with van der Waals surface area (Å²) in [5.74, 6) is -0.377. The molecule has 0 aliphatic rings. The average Bonchev–Trinajstić information content (AvgIpc) is 2.70. The summed E-state index contributed by atoms with van der Waals surface area (Å²) in [5, 5.41) is 11.7. The van der Waals surface area contributed by atoms with Gasteiger partial charge in [0.25, 0.3) is 5.91 Å². The predicted octanol–water partition coefficient (Wildman–Crippen LogP) is 4.11. The van der Waals surface area contributed by atoms with E-state index in [0.717, 1.165) is 5.56 Å². The van der Waals surface area contributed by atoms with Crippen LogP contribution in [0.3, 0.4) is 0 Å². The number of halogens is 1. The minimum Gasteiger partial charge on any atom is -0.337 e. The Kier molecular flexibility index (Phi) is 5.43. The van der Waals surface area contributed by atoms with Crippen LogP contribution in [0.15, 0.2) is 66.9 Å². The Balaban J connectivity index is 1.80. The fourth-order valence-electron chi connectivity index (χ4n) is 2.60. The molecule has 3 aromatic rings. The third-order valence-electron chi connectivity index (χ3n) is 4.01. The molecule has 0 aliphatic carbocycles. The van der Waals surface area contributed by atoms with Crippen LogP contribution in [0.4, 0.5) is 15.9 Å². The zero-order chi connectivity index (χ0) is 19.2. The van der Waals surface area contributed by atoms with Crippen molar-refractivity contribution < 1.29 is 9.18 Å². The first-order valence-corrected chi connectivity index (χ1v) is 8.29. The maximum Gasteiger partial charge on any atom is 0.257 e. The van der Waals surface area contributed by atoms with E-state index >= 15 is 0 Å². The number of hydrogen-bond donors (Lipinski definition) is 1. The van der Waals surface area contributed by atoms with Crippen LogP contribution in [-0.2, 0) is 6.54 Å². The molecule has 27 heavy (non-hydrogen) atoms. The molecule has 0 atom stereocenters. The van der Waals surface area contributed by atoms with Crippen molar-refractivity contribution in [3.8, 4) is 6.07 Å². The van der Waals surface area contributed by atoms with Crippen LogP contribution < -0.4 is 5.32 Å². The van der Waals surface area contributed by atoms with Gasteiger partial charge in [0.05, 0.1) is 22.9 Å². The zero-order valence-electron chi connectivity index (χ0n) is 14.7. The van der Waals surface area contributed by atoms with E-state index in [1.807, 2.05) is 12.1 Å². The Morgan fingerprint density at radius 2 is 1.89 bits per heavy atom. The van der Waals surface area contributed by atoms with Crippen molar-refractivity contribution in [1.29, 1.82) is 5.26 Å². The molecule has 1 N–H and O–H groups in total. The summed E-state index contributed by atoms with van der Waals surface area (Å²) in [5.41, 5.74) is 2.06. The molecule has 0 spiro atoms. The molecule has 0 aliphatic heterocycles. The highest BCUT2D eigenvalue weighted by atomic mass is 19.1. The minimum absolute atomic E-state index is 0.244. The lowest BCUT2D eigenvalue weighted by atomic mass is 10.1. The molecule has 0 saturated carbocycles. The van der Waals surface area contributed by atoms with Crippen molar-refractivity contribution in [2.75, 3.05) is 12.4 Å². The Hall–Kier alpha value is -3.72. The summed E-state index contributed by atoms with van der Waals surface area (Å²) in [6.07, 6.45) is 1.54. The number of carbonyl (C=O) groups is 1. The van der Waals surface area contributed by atoms with Gasteiger partial charge in [-0.2, -0.15) is 5.26 Å². The predicted molar refractivity (Wildman–Crippen MR) is 101 cm³/mol. The van der Waals surface area contributed by atoms with Gasteiger partial charge >= 0.3 is 0 Å². The molecular formula is C21H17FN4O. The molecule has 1 amide bonds. The number of nitriles is 1. The number of nitrogens with zero attached hydrogens (tertiary/aromatic N) is 3. The van der Waals surface area contributed by atoms with E-state index in [0.29, 0.717) is 23.5 Å². The summed E-state index contributed by atoms with van der Waals surface area (Å²) >= 11 is 0. The molecule has 1 aromatic heterocycles. The smallest absolute Gasteiger partial charge is 0.257 e. The van der Waals surface area contributed by atoms with E-state index in [-0.39, 0.29) is 11.6 Å². The summed E-state index contributed by atoms with van der Waals surface area (Å²) in [4.78, 5) is 18.6. The van der Waals surface area contributed by atoms with Crippen molar-refractivity contribution in [2.24, 2.45) is 0 Å². The normalized spacial score (nSPS) is 10.1. The summed E-state index contributed by atoms with van der Waals surface area (Å²) < 4.78 is 13.9. The van der Waals surface area contributed by atoms with Gasteiger partial charge in [-0.3, -0.25) is 4.79 Å². The van der Waals surface area contributed by atoms with Gasteiger partial charge < -0.3 is 10.2 Å². The topological polar surface area (TPSA) is 69.0 Å². The molecule has 5 nitrogen and oxygen atoms in total. The lowest BCUT2D eigenvalue weighted by molar-refractivity contribution is 0.0785. The molecule has 1 heterocycles. The van der Waals surface area contributed by atoms with Gasteiger partial charge in [-0.1, -0.05) is 24.3 Å². The van der Waals surface area contributed by atoms with Crippen LogP contribution in [0, 0.1) is 17.1 Å². The summed E-state index contributed by atoms with van der Waals surface area (Å²) in [6, 6.07) is 18.6. The van der Waals surface area contributed by atoms with Gasteiger partial charge in [0.1, 0.15) is 11.6 Å². The van der Waals surface area contributed by atoms with Crippen LogP contribution >= 0.6 is 0 Å². The molecule has 6 heteroatoms. The third kappa shape index (κ3) is 4.28. The van der Waals surface area contributed by atoms with E-state index in [1.54, 1.807) is 60.6 Å². The second-order valence-corrected chi connectivity index (χ2v) is 5.97. The fourth-order valence-corrected chi connectivity index (χ4v) is 2.60. The van der Waals surface area contributed by atoms with E-state index in [1.165, 1.54) is 6.07 Å². The number of benzene rings is 2. The third-order valence-corrected chi connectivity index (χ3v) is 4.01. The second kappa shape index (κ2) is 8.11. The molecule has 0 bridgehead atoms. The molecular weight excluding hydrogens is 343 g/mol. The van der Waals surface area contributed by atoms with Gasteiger partial charge in [0, 0.05) is 19.8 Å². The molecule has 3 rings (SSSR count). The maximum absolute atomic E-state index is 13.9. The maximum atomic E-state index is 13.9. The first kappa shape index (κ1) is 18.1. The lowest BCUT2D eigenvalue weighted by Crippen LogP contribution is -2.27. The number of carbonyl (C=O) groups excluding carboxylic acids is 1. The molecule has 0 saturated heterocycles. The molecule has 0 fully saturated rings. The van der Waals surface area contributed by atoms with Gasteiger partial charge in [0.2, 0.25) is 0 Å². The number of hydrogen-bond acceptors (Lipinski definition) is 4. The van der Waals surface area contributed by atoms with Crippen molar-refractivity contribution in [3.05, 3.63) is 89.4 Å². The highest BCUT2D eigenvalue weighted by molar-refractivity contribution is 5.99. The van der Waals surface area contributed by atoms with Crippen LogP contribution in [0.2, 0.25) is 0 Å². The number of pyridine rings is 1. The molecule has 134 valence electrons. The van der Waals surface area contributed by atoms with Crippen molar-refractivity contribution in [2.45, 2.75) is 6.54 Å². The molecule has 0 radical (unpaired) electrons. The first-order chi connectivity index (χ1) is 13.1. The number of nitrogens with one attached hydrogen (secondary N) is 1. The quantitative estimate of drug-likeness (QED) is 0.743. The lowest BCUT2D eigenvalue weighted by Gasteiger charge is -2.19. The SMILES string of the molecule is CN(Cc1ccc(C#N)cc1)C(=O)c1cccnc1Nc1ccccc1F. The largest absolute Gasteiger partial charge is 0.337 e. The standard InChI is InChI=1S/C21H17FN4O/c1-26(14-16-10-8-15(13-23)9-11-16)21(27)17-5-4-12-24-20(17)25-19-7-3-2-6-18(19)22/h2-12H,14H2,1H3,(H,24,25). The Morgan fingerprint density at radius 1 is 1.15 bits per heavy atom. The second-order valence-electron chi connectivity index (χ2n) is 5.97. The molecule has 2 aromatic carbocycles. The van der Waals surface area contributed by atoms with Gasteiger partial charge in [-0.15, -0.1) is 0 Å². The van der Waals surface area contributed by atoms with E-state index in [2.05, 4.69) is 16.4 Å². The van der Waals surface area contributed by atoms with Crippen LogP contribution in [-0.4, -0.2) is 22.8 Å². The average molecular weight is 360 g/mol. The monoisotopic (exact) mass is 360 g/mol. The van der Waals surface area contributed by atoms with Gasteiger partial charge in [-0.05, 0) is 42.0 Å². The Bertz CT molecular complexity index is 996.